The van der Waals surface area contributed by atoms with Gasteiger partial charge in [-0.15, -0.1) is 0 Å². The highest BCUT2D eigenvalue weighted by atomic mass is 16.2. The summed E-state index contributed by atoms with van der Waals surface area (Å²) in [4.78, 5) is 13.3. The van der Waals surface area contributed by atoms with Crippen LogP contribution in [0.15, 0.2) is 0 Å². The third-order valence-corrected chi connectivity index (χ3v) is 3.16. The number of rotatable bonds is 5. The third kappa shape index (κ3) is 3.59. The fraction of sp³-hybridized carbons (Fsp3) is 0.714. The lowest BCUT2D eigenvalue weighted by molar-refractivity contribution is -0.128. The Hall–Kier alpha value is -1.32. The van der Waals surface area contributed by atoms with E-state index in [1.54, 1.807) is 19.0 Å². The van der Waals surface area contributed by atoms with Crippen molar-refractivity contribution in [2.75, 3.05) is 14.1 Å². The molecule has 0 aromatic carbocycles. The molecule has 4 heteroatoms. The highest BCUT2D eigenvalue weighted by Crippen LogP contribution is 2.16. The normalized spacial score (nSPS) is 11.1. The van der Waals surface area contributed by atoms with Crippen molar-refractivity contribution in [2.45, 2.75) is 47.1 Å². The SMILES string of the molecule is Cc1nn(CC(C)C)c(C)c1CCC(=O)N(C)C. The molecule has 4 nitrogen and oxygen atoms in total. The van der Waals surface area contributed by atoms with Gasteiger partial charge in [-0.3, -0.25) is 9.48 Å². The predicted octanol–water partition coefficient (Wildman–Crippen LogP) is 2.18. The van der Waals surface area contributed by atoms with Gasteiger partial charge in [0.15, 0.2) is 0 Å². The molecule has 1 heterocycles. The first kappa shape index (κ1) is 14.7. The van der Waals surface area contributed by atoms with Gasteiger partial charge in [0, 0.05) is 32.8 Å². The molecule has 0 saturated carbocycles. The quantitative estimate of drug-likeness (QED) is 0.804. The molecule has 102 valence electrons. The highest BCUT2D eigenvalue weighted by Gasteiger charge is 2.14. The van der Waals surface area contributed by atoms with Crippen LogP contribution in [0.3, 0.4) is 0 Å². The molecule has 1 aromatic heterocycles. The molecule has 1 aromatic rings. The van der Waals surface area contributed by atoms with Crippen molar-refractivity contribution in [2.24, 2.45) is 5.92 Å². The van der Waals surface area contributed by atoms with Crippen molar-refractivity contribution in [1.82, 2.24) is 14.7 Å². The van der Waals surface area contributed by atoms with Crippen LogP contribution >= 0.6 is 0 Å². The van der Waals surface area contributed by atoms with Crippen LogP contribution in [0, 0.1) is 19.8 Å². The van der Waals surface area contributed by atoms with Gasteiger partial charge in [-0.1, -0.05) is 13.8 Å². The topological polar surface area (TPSA) is 38.1 Å². The second-order valence-electron chi connectivity index (χ2n) is 5.51. The largest absolute Gasteiger partial charge is 0.349 e. The first-order valence-electron chi connectivity index (χ1n) is 6.56. The van der Waals surface area contributed by atoms with E-state index < -0.39 is 0 Å². The van der Waals surface area contributed by atoms with Gasteiger partial charge in [0.2, 0.25) is 5.91 Å². The van der Waals surface area contributed by atoms with Crippen molar-refractivity contribution in [1.29, 1.82) is 0 Å². The van der Waals surface area contributed by atoms with E-state index in [1.807, 2.05) is 6.92 Å². The number of nitrogens with zero attached hydrogens (tertiary/aromatic N) is 3. The molecule has 0 N–H and O–H groups in total. The van der Waals surface area contributed by atoms with Gasteiger partial charge < -0.3 is 4.90 Å². The van der Waals surface area contributed by atoms with Crippen LogP contribution < -0.4 is 0 Å². The molecule has 0 unspecified atom stereocenters. The smallest absolute Gasteiger partial charge is 0.222 e. The van der Waals surface area contributed by atoms with E-state index in [1.165, 1.54) is 11.3 Å². The number of hydrogen-bond donors (Lipinski definition) is 0. The summed E-state index contributed by atoms with van der Waals surface area (Å²) >= 11 is 0. The Balaban J connectivity index is 2.77. The van der Waals surface area contributed by atoms with Crippen LogP contribution in [0.1, 0.15) is 37.2 Å². The molecule has 0 aliphatic heterocycles. The zero-order valence-corrected chi connectivity index (χ0v) is 12.4. The maximum absolute atomic E-state index is 11.6. The molecular formula is C14H25N3O. The van der Waals surface area contributed by atoms with E-state index in [2.05, 4.69) is 30.6 Å². The lowest BCUT2D eigenvalue weighted by atomic mass is 10.1. The molecule has 1 amide bonds. The zero-order valence-electron chi connectivity index (χ0n) is 12.4. The van der Waals surface area contributed by atoms with Crippen LogP contribution in [0.25, 0.3) is 0 Å². The molecule has 0 spiro atoms. The lowest BCUT2D eigenvalue weighted by Gasteiger charge is -2.10. The minimum absolute atomic E-state index is 0.172. The zero-order chi connectivity index (χ0) is 13.9. The van der Waals surface area contributed by atoms with Crippen LogP contribution in [-0.4, -0.2) is 34.7 Å². The second kappa shape index (κ2) is 6.03. The average molecular weight is 251 g/mol. The minimum atomic E-state index is 0.172. The number of aromatic nitrogens is 2. The van der Waals surface area contributed by atoms with Gasteiger partial charge in [0.05, 0.1) is 5.69 Å². The average Bonchev–Trinajstić information content (AvgIpc) is 2.50. The number of carbonyl (C=O) groups excluding carboxylic acids is 1. The van der Waals surface area contributed by atoms with Gasteiger partial charge in [-0.05, 0) is 31.7 Å². The van der Waals surface area contributed by atoms with E-state index in [0.29, 0.717) is 12.3 Å². The predicted molar refractivity (Wildman–Crippen MR) is 73.6 cm³/mol. The Morgan fingerprint density at radius 1 is 1.33 bits per heavy atom. The monoisotopic (exact) mass is 251 g/mol. The van der Waals surface area contributed by atoms with Crippen LogP contribution in [-0.2, 0) is 17.8 Å². The van der Waals surface area contributed by atoms with Crippen molar-refractivity contribution < 1.29 is 4.79 Å². The summed E-state index contributed by atoms with van der Waals surface area (Å²) in [6.07, 6.45) is 1.34. The Morgan fingerprint density at radius 2 is 1.94 bits per heavy atom. The number of hydrogen-bond acceptors (Lipinski definition) is 2. The minimum Gasteiger partial charge on any atom is -0.349 e. The van der Waals surface area contributed by atoms with E-state index in [9.17, 15) is 4.79 Å². The summed E-state index contributed by atoms with van der Waals surface area (Å²) in [5.41, 5.74) is 3.48. The Bertz CT molecular complexity index is 419. The molecule has 0 saturated heterocycles. The standard InChI is InChI=1S/C14H25N3O/c1-10(2)9-17-12(4)13(11(3)15-17)7-8-14(18)16(5)6/h10H,7-9H2,1-6H3. The summed E-state index contributed by atoms with van der Waals surface area (Å²) < 4.78 is 2.06. The summed E-state index contributed by atoms with van der Waals surface area (Å²) in [6, 6.07) is 0. The van der Waals surface area contributed by atoms with Crippen molar-refractivity contribution in [3.05, 3.63) is 17.0 Å². The van der Waals surface area contributed by atoms with Gasteiger partial charge in [0.1, 0.15) is 0 Å². The molecule has 0 bridgehead atoms. The third-order valence-electron chi connectivity index (χ3n) is 3.16. The summed E-state index contributed by atoms with van der Waals surface area (Å²) in [5, 5.41) is 4.56. The molecule has 18 heavy (non-hydrogen) atoms. The molecular weight excluding hydrogens is 226 g/mol. The van der Waals surface area contributed by atoms with Crippen LogP contribution in [0.4, 0.5) is 0 Å². The number of aryl methyl sites for hydroxylation is 1. The van der Waals surface area contributed by atoms with Gasteiger partial charge >= 0.3 is 0 Å². The fourth-order valence-electron chi connectivity index (χ4n) is 2.07. The maximum Gasteiger partial charge on any atom is 0.222 e. The van der Waals surface area contributed by atoms with Crippen molar-refractivity contribution in [3.8, 4) is 0 Å². The Morgan fingerprint density at radius 3 is 2.44 bits per heavy atom. The molecule has 0 aliphatic carbocycles. The van der Waals surface area contributed by atoms with Crippen molar-refractivity contribution in [3.63, 3.8) is 0 Å². The second-order valence-corrected chi connectivity index (χ2v) is 5.51. The van der Waals surface area contributed by atoms with E-state index in [4.69, 9.17) is 0 Å². The molecule has 1 rings (SSSR count). The lowest BCUT2D eigenvalue weighted by Crippen LogP contribution is -2.22. The van der Waals surface area contributed by atoms with E-state index >= 15 is 0 Å². The van der Waals surface area contributed by atoms with Crippen LogP contribution in [0.5, 0.6) is 0 Å². The van der Waals surface area contributed by atoms with Crippen molar-refractivity contribution >= 4 is 5.91 Å². The fourth-order valence-corrected chi connectivity index (χ4v) is 2.07. The maximum atomic E-state index is 11.6. The highest BCUT2D eigenvalue weighted by molar-refractivity contribution is 5.75. The molecule has 0 aliphatic rings. The van der Waals surface area contributed by atoms with E-state index in [-0.39, 0.29) is 5.91 Å². The van der Waals surface area contributed by atoms with Gasteiger partial charge in [-0.25, -0.2) is 0 Å². The Labute approximate surface area is 110 Å². The molecule has 0 fully saturated rings. The first-order chi connectivity index (χ1) is 8.32. The van der Waals surface area contributed by atoms with E-state index in [0.717, 1.165) is 18.7 Å². The van der Waals surface area contributed by atoms with Crippen LogP contribution in [0.2, 0.25) is 0 Å². The molecule has 0 atom stereocenters. The summed E-state index contributed by atoms with van der Waals surface area (Å²) in [5.74, 6) is 0.754. The summed E-state index contributed by atoms with van der Waals surface area (Å²) in [7, 11) is 3.59. The Kier molecular flexibility index (Phi) is 4.93. The summed E-state index contributed by atoms with van der Waals surface area (Å²) in [6.45, 7) is 9.43. The first-order valence-corrected chi connectivity index (χ1v) is 6.56. The van der Waals surface area contributed by atoms with Gasteiger partial charge in [0.25, 0.3) is 0 Å². The number of carbonyl (C=O) groups is 1. The molecule has 0 radical (unpaired) electrons. The number of amides is 1. The van der Waals surface area contributed by atoms with Gasteiger partial charge in [-0.2, -0.15) is 5.10 Å².